The van der Waals surface area contributed by atoms with Crippen molar-refractivity contribution in [3.05, 3.63) is 0 Å². The lowest BCUT2D eigenvalue weighted by Crippen LogP contribution is -1.85. The van der Waals surface area contributed by atoms with Crippen molar-refractivity contribution in [2.75, 3.05) is 0 Å². The molecule has 0 rings (SSSR count). The van der Waals surface area contributed by atoms with Crippen LogP contribution in [0.5, 0.6) is 0 Å². The predicted octanol–water partition coefficient (Wildman–Crippen LogP) is -1.42. The van der Waals surface area contributed by atoms with E-state index in [1.807, 2.05) is 0 Å². The van der Waals surface area contributed by atoms with E-state index in [-0.39, 0.29) is 1.43 Å². The Balaban J connectivity index is 0. The van der Waals surface area contributed by atoms with Crippen molar-refractivity contribution in [3.8, 4) is 0 Å². The fourth-order valence-corrected chi connectivity index (χ4v) is 0. The second-order valence-corrected chi connectivity index (χ2v) is 0.856. The van der Waals surface area contributed by atoms with Crippen LogP contribution in [0.2, 0.25) is 0 Å². The Labute approximate surface area is 27.0 Å². The van der Waals surface area contributed by atoms with Gasteiger partial charge in [-0.15, -0.1) is 0 Å². The third-order valence-electron chi connectivity index (χ3n) is 0. The molecule has 2 N–H and O–H groups in total. The number of hydrogen-bond acceptors (Lipinski definition) is 2. The molecule has 0 bridgehead atoms. The molecule has 0 spiro atoms. The zero-order valence-electron chi connectivity index (χ0n) is 2.84. The highest BCUT2D eigenvalue weighted by Crippen LogP contribution is 1.14. The Morgan fingerprint density at radius 3 is 1.75 bits per heavy atom. The van der Waals surface area contributed by atoms with Crippen LogP contribution < -0.4 is 5.14 Å². The van der Waals surface area contributed by atoms with Gasteiger partial charge in [-0.1, -0.05) is 0 Å². The summed E-state index contributed by atoms with van der Waals surface area (Å²) in [6.45, 7) is 0. The van der Waals surface area contributed by atoms with Crippen molar-refractivity contribution in [1.29, 1.82) is 0 Å². The molecule has 0 atom stereocenters. The first-order chi connectivity index (χ1) is 1.73. The molecule has 0 radical (unpaired) electrons. The van der Waals surface area contributed by atoms with Gasteiger partial charge < -0.3 is 0 Å². The van der Waals surface area contributed by atoms with Gasteiger partial charge >= 0.3 is 1.43 Å². The SMILES string of the molecule is N[SH](=O)=O.[H+]. The fourth-order valence-electron chi connectivity index (χ4n) is 0. The second kappa shape index (κ2) is 1.25. The summed E-state index contributed by atoms with van der Waals surface area (Å²) >= 11 is 0. The van der Waals surface area contributed by atoms with Gasteiger partial charge in [-0.3, -0.25) is 0 Å². The number of hydrogen-bond donors (Lipinski definition) is 2. The maximum absolute atomic E-state index is 8.81. The van der Waals surface area contributed by atoms with Crippen molar-refractivity contribution in [2.45, 2.75) is 0 Å². The molecule has 4 heavy (non-hydrogen) atoms. The molecule has 0 amide bonds. The highest BCUT2D eigenvalue weighted by Gasteiger charge is 1.42. The predicted molar refractivity (Wildman–Crippen MR) is 15.6 cm³/mol. The standard InChI is InChI=1S/H3NO2S/c1-4(2)3/h4H,(H2,1,2,3)/p+1. The Morgan fingerprint density at radius 2 is 1.75 bits per heavy atom. The van der Waals surface area contributed by atoms with Crippen LogP contribution in [0.25, 0.3) is 0 Å². The van der Waals surface area contributed by atoms with Gasteiger partial charge in [-0.2, -0.15) is 0 Å². The molecule has 0 saturated heterocycles. The van der Waals surface area contributed by atoms with Crippen molar-refractivity contribution >= 4 is 10.9 Å². The molecule has 0 heterocycles. The van der Waals surface area contributed by atoms with Crippen LogP contribution in [0.1, 0.15) is 1.43 Å². The molecule has 0 aliphatic heterocycles. The summed E-state index contributed by atoms with van der Waals surface area (Å²) in [5.41, 5.74) is 0. The molecule has 0 aromatic heterocycles. The molecule has 0 aromatic carbocycles. The van der Waals surface area contributed by atoms with E-state index in [2.05, 4.69) is 5.14 Å². The molecular weight excluding hydrogens is 78.1 g/mol. The maximum Gasteiger partial charge on any atom is 1.00 e. The topological polar surface area (TPSA) is 60.2 Å². The first-order valence-electron chi connectivity index (χ1n) is 0.623. The normalized spacial score (nSPS) is 8.50. The largest absolute Gasteiger partial charge is 1.00 e. The molecule has 0 aromatic rings. The van der Waals surface area contributed by atoms with E-state index in [0.717, 1.165) is 0 Å². The zero-order chi connectivity index (χ0) is 3.58. The lowest BCUT2D eigenvalue weighted by Gasteiger charge is -1.44. The van der Waals surface area contributed by atoms with E-state index >= 15 is 0 Å². The first-order valence-corrected chi connectivity index (χ1v) is 1.87. The fraction of sp³-hybridized carbons (Fsp3) is 0. The van der Waals surface area contributed by atoms with Crippen LogP contribution in [0.4, 0.5) is 0 Å². The molecule has 4 heteroatoms. The lowest BCUT2D eigenvalue weighted by atomic mass is 14.0. The van der Waals surface area contributed by atoms with E-state index in [1.54, 1.807) is 0 Å². The zero-order valence-corrected chi connectivity index (χ0v) is 2.74. The summed E-state index contributed by atoms with van der Waals surface area (Å²) < 4.78 is 17.6. The van der Waals surface area contributed by atoms with Gasteiger partial charge in [-0.25, -0.2) is 13.6 Å². The van der Waals surface area contributed by atoms with Crippen LogP contribution in [0, 0.1) is 0 Å². The summed E-state index contributed by atoms with van der Waals surface area (Å²) in [6.07, 6.45) is 0. The van der Waals surface area contributed by atoms with Gasteiger partial charge in [0.15, 0.2) is 10.9 Å². The summed E-state index contributed by atoms with van der Waals surface area (Å²) in [7, 11) is -2.62. The van der Waals surface area contributed by atoms with Gasteiger partial charge in [-0.05, 0) is 0 Å². The van der Waals surface area contributed by atoms with Gasteiger partial charge in [0, 0.05) is 0 Å². The molecule has 26 valence electrons. The van der Waals surface area contributed by atoms with E-state index < -0.39 is 10.9 Å². The average molecular weight is 82.1 g/mol. The second-order valence-electron chi connectivity index (χ2n) is 0.285. The molecule has 0 unspecified atom stereocenters. The Morgan fingerprint density at radius 1 is 1.75 bits per heavy atom. The molecule has 0 aliphatic carbocycles. The highest BCUT2D eigenvalue weighted by atomic mass is 32.2. The number of rotatable bonds is 0. The summed E-state index contributed by atoms with van der Waals surface area (Å²) in [4.78, 5) is 0. The monoisotopic (exact) mass is 82.0 g/mol. The van der Waals surface area contributed by atoms with Crippen molar-refractivity contribution in [3.63, 3.8) is 0 Å². The van der Waals surface area contributed by atoms with Crippen LogP contribution in [-0.2, 0) is 10.9 Å². The van der Waals surface area contributed by atoms with E-state index in [9.17, 15) is 0 Å². The number of thiol groups is 1. The minimum atomic E-state index is -2.62. The molecular formula is H4NO2S+. The quantitative estimate of drug-likeness (QED) is 0.352. The Bertz CT molecular complexity index is 58.0. The van der Waals surface area contributed by atoms with E-state index in [4.69, 9.17) is 8.42 Å². The highest BCUT2D eigenvalue weighted by molar-refractivity contribution is 7.69. The van der Waals surface area contributed by atoms with Crippen molar-refractivity contribution in [2.24, 2.45) is 5.14 Å². The molecule has 0 saturated carbocycles. The van der Waals surface area contributed by atoms with Crippen LogP contribution in [0.15, 0.2) is 0 Å². The van der Waals surface area contributed by atoms with Gasteiger partial charge in [0.05, 0.1) is 0 Å². The first kappa shape index (κ1) is 3.91. The van der Waals surface area contributed by atoms with E-state index in [0.29, 0.717) is 0 Å². The Kier molecular flexibility index (Phi) is 1.23. The van der Waals surface area contributed by atoms with Crippen molar-refractivity contribution < 1.29 is 9.84 Å². The molecule has 0 aliphatic rings. The minimum Gasteiger partial charge on any atom is -0.231 e. The third-order valence-corrected chi connectivity index (χ3v) is 0. The smallest absolute Gasteiger partial charge is 0.231 e. The Hall–Kier alpha value is -0.0900. The molecule has 0 fully saturated rings. The maximum atomic E-state index is 8.81. The van der Waals surface area contributed by atoms with Crippen molar-refractivity contribution in [1.82, 2.24) is 0 Å². The number of nitrogens with two attached hydrogens (primary N) is 1. The van der Waals surface area contributed by atoms with Gasteiger partial charge in [0.1, 0.15) is 0 Å². The van der Waals surface area contributed by atoms with Crippen LogP contribution >= 0.6 is 0 Å². The van der Waals surface area contributed by atoms with Gasteiger partial charge in [0.25, 0.3) is 0 Å². The summed E-state index contributed by atoms with van der Waals surface area (Å²) in [5, 5.41) is 4.06. The summed E-state index contributed by atoms with van der Waals surface area (Å²) in [6, 6.07) is 0. The average Bonchev–Trinajstić information content (AvgIpc) is 0.811. The minimum absolute atomic E-state index is 0. The lowest BCUT2D eigenvalue weighted by molar-refractivity contribution is 0.616. The van der Waals surface area contributed by atoms with Crippen LogP contribution in [0.3, 0.4) is 0 Å². The van der Waals surface area contributed by atoms with E-state index in [1.165, 1.54) is 0 Å². The van der Waals surface area contributed by atoms with Crippen LogP contribution in [-0.4, -0.2) is 8.42 Å². The third kappa shape index (κ3) is 195. The summed E-state index contributed by atoms with van der Waals surface area (Å²) in [5.74, 6) is 0. The van der Waals surface area contributed by atoms with Gasteiger partial charge in [0.2, 0.25) is 0 Å². The molecule has 3 nitrogen and oxygen atoms in total.